The second-order valence-electron chi connectivity index (χ2n) is 7.70. The number of nitrogens with one attached hydrogen (secondary N) is 1. The molecule has 1 N–H and O–H groups in total. The highest BCUT2D eigenvalue weighted by Gasteiger charge is 2.58. The van der Waals surface area contributed by atoms with Crippen LogP contribution < -0.4 is 4.72 Å². The highest BCUT2D eigenvalue weighted by molar-refractivity contribution is 7.89. The van der Waals surface area contributed by atoms with Crippen molar-refractivity contribution in [1.29, 1.82) is 0 Å². The molecule has 1 aliphatic heterocycles. The normalized spacial score (nSPS) is 26.7. The Hall–Kier alpha value is -2.40. The summed E-state index contributed by atoms with van der Waals surface area (Å²) in [5, 5.41) is 3.88. The topological polar surface area (TPSA) is 118 Å². The Bertz CT molecular complexity index is 1040. The van der Waals surface area contributed by atoms with Crippen LogP contribution in [0.25, 0.3) is 0 Å². The number of amides is 1. The van der Waals surface area contributed by atoms with Gasteiger partial charge < -0.3 is 9.42 Å². The number of pyridine rings is 1. The van der Waals surface area contributed by atoms with Crippen LogP contribution in [0.4, 0.5) is 4.39 Å². The van der Waals surface area contributed by atoms with Gasteiger partial charge in [-0.2, -0.15) is 4.98 Å². The van der Waals surface area contributed by atoms with Crippen molar-refractivity contribution in [1.82, 2.24) is 24.7 Å². The molecule has 11 heteroatoms. The van der Waals surface area contributed by atoms with Gasteiger partial charge in [-0.3, -0.25) is 9.78 Å². The molecule has 3 atom stereocenters. The van der Waals surface area contributed by atoms with Crippen molar-refractivity contribution < 1.29 is 22.1 Å². The second-order valence-corrected chi connectivity index (χ2v) is 9.74. The number of aryl methyl sites for hydroxylation is 1. The summed E-state index contributed by atoms with van der Waals surface area (Å²) < 4.78 is 46.3. The van der Waals surface area contributed by atoms with Gasteiger partial charge in [0, 0.05) is 25.3 Å². The van der Waals surface area contributed by atoms with Gasteiger partial charge in [-0.15, -0.1) is 0 Å². The monoisotopic (exact) mass is 423 g/mol. The first-order valence-electron chi connectivity index (χ1n) is 9.43. The molecule has 0 unspecified atom stereocenters. The lowest BCUT2D eigenvalue weighted by Crippen LogP contribution is -2.40. The quantitative estimate of drug-likeness (QED) is 0.763. The first kappa shape index (κ1) is 19.9. The van der Waals surface area contributed by atoms with Crippen molar-refractivity contribution in [3.8, 4) is 0 Å². The van der Waals surface area contributed by atoms with Crippen LogP contribution >= 0.6 is 0 Å². The molecular weight excluding hydrogens is 401 g/mol. The molecule has 3 heterocycles. The van der Waals surface area contributed by atoms with Crippen LogP contribution in [0, 0.1) is 18.7 Å². The molecule has 1 amide bonds. The van der Waals surface area contributed by atoms with Gasteiger partial charge in [0.05, 0.1) is 22.9 Å². The average molecular weight is 423 g/mol. The SMILES string of the molecule is CCS(=O)(=O)N[C@@H]1C[C@H]2CN(C(=O)c3ccncc3F)C[C@@]2(c2nc(C)no2)C1. The molecular formula is C18H22FN5O4S. The molecule has 1 saturated carbocycles. The third kappa shape index (κ3) is 3.52. The van der Waals surface area contributed by atoms with Crippen molar-refractivity contribution in [2.45, 2.75) is 38.1 Å². The Morgan fingerprint density at radius 2 is 2.28 bits per heavy atom. The van der Waals surface area contributed by atoms with E-state index < -0.39 is 27.2 Å². The van der Waals surface area contributed by atoms with E-state index in [2.05, 4.69) is 19.8 Å². The van der Waals surface area contributed by atoms with Crippen molar-refractivity contribution in [2.24, 2.45) is 5.92 Å². The molecule has 9 nitrogen and oxygen atoms in total. The Kier molecular flexibility index (Phi) is 4.89. The van der Waals surface area contributed by atoms with E-state index in [1.807, 2.05) is 0 Å². The summed E-state index contributed by atoms with van der Waals surface area (Å²) in [6.07, 6.45) is 3.35. The van der Waals surface area contributed by atoms with E-state index in [1.165, 1.54) is 12.3 Å². The molecule has 2 aromatic rings. The summed E-state index contributed by atoms with van der Waals surface area (Å²) in [6.45, 7) is 3.89. The maximum atomic E-state index is 14.1. The zero-order chi connectivity index (χ0) is 20.8. The van der Waals surface area contributed by atoms with Crippen molar-refractivity contribution >= 4 is 15.9 Å². The predicted octanol–water partition coefficient (Wildman–Crippen LogP) is 1.02. The lowest BCUT2D eigenvalue weighted by molar-refractivity contribution is 0.0768. The summed E-state index contributed by atoms with van der Waals surface area (Å²) in [7, 11) is -3.37. The molecule has 0 bridgehead atoms. The standard InChI is InChI=1S/C18H22FN5O4S/c1-3-29(26,27)23-13-6-12-9-24(16(25)14-4-5-20-8-15(14)19)10-18(12,7-13)17-21-11(2)22-28-17/h4-5,8,12-13,23H,3,6-7,9-10H2,1-2H3/t12-,13+,18-/m0/s1. The van der Waals surface area contributed by atoms with Crippen LogP contribution in [0.2, 0.25) is 0 Å². The Balaban J connectivity index is 1.63. The molecule has 0 radical (unpaired) electrons. The number of nitrogens with zero attached hydrogens (tertiary/aromatic N) is 4. The molecule has 2 fully saturated rings. The van der Waals surface area contributed by atoms with Gasteiger partial charge in [0.2, 0.25) is 15.9 Å². The second kappa shape index (κ2) is 7.13. The lowest BCUT2D eigenvalue weighted by Gasteiger charge is -2.25. The fourth-order valence-electron chi connectivity index (χ4n) is 4.50. The molecule has 2 aromatic heterocycles. The molecule has 2 aliphatic rings. The number of likely N-dealkylation sites (tertiary alicyclic amines) is 1. The Morgan fingerprint density at radius 1 is 1.48 bits per heavy atom. The third-order valence-electron chi connectivity index (χ3n) is 5.84. The van der Waals surface area contributed by atoms with E-state index in [4.69, 9.17) is 4.52 Å². The summed E-state index contributed by atoms with van der Waals surface area (Å²) in [5.74, 6) is -0.334. The van der Waals surface area contributed by atoms with Gasteiger partial charge in [-0.05, 0) is 38.7 Å². The first-order valence-corrected chi connectivity index (χ1v) is 11.1. The number of hydrogen-bond donors (Lipinski definition) is 1. The fourth-order valence-corrected chi connectivity index (χ4v) is 5.36. The molecule has 1 saturated heterocycles. The van der Waals surface area contributed by atoms with Crippen molar-refractivity contribution in [2.75, 3.05) is 18.8 Å². The van der Waals surface area contributed by atoms with E-state index in [0.29, 0.717) is 31.1 Å². The number of halogens is 1. The Labute approximate surface area is 167 Å². The molecule has 1 aliphatic carbocycles. The number of fused-ring (bicyclic) bond motifs is 1. The van der Waals surface area contributed by atoms with E-state index in [-0.39, 0.29) is 29.8 Å². The van der Waals surface area contributed by atoms with E-state index >= 15 is 0 Å². The summed E-state index contributed by atoms with van der Waals surface area (Å²) in [5.41, 5.74) is -0.707. The number of rotatable bonds is 5. The number of carbonyl (C=O) groups is 1. The Morgan fingerprint density at radius 3 is 2.93 bits per heavy atom. The van der Waals surface area contributed by atoms with Crippen LogP contribution in [0.5, 0.6) is 0 Å². The zero-order valence-electron chi connectivity index (χ0n) is 16.1. The van der Waals surface area contributed by atoms with Crippen LogP contribution in [-0.4, -0.2) is 59.2 Å². The third-order valence-corrected chi connectivity index (χ3v) is 7.30. The highest BCUT2D eigenvalue weighted by Crippen LogP contribution is 2.50. The molecule has 29 heavy (non-hydrogen) atoms. The minimum Gasteiger partial charge on any atom is -0.339 e. The van der Waals surface area contributed by atoms with E-state index in [9.17, 15) is 17.6 Å². The number of sulfonamides is 1. The van der Waals surface area contributed by atoms with Gasteiger partial charge in [0.25, 0.3) is 5.91 Å². The average Bonchev–Trinajstić information content (AvgIpc) is 3.34. The van der Waals surface area contributed by atoms with Gasteiger partial charge in [-0.25, -0.2) is 17.5 Å². The summed E-state index contributed by atoms with van der Waals surface area (Å²) in [4.78, 5) is 22.6. The summed E-state index contributed by atoms with van der Waals surface area (Å²) >= 11 is 0. The fraction of sp³-hybridized carbons (Fsp3) is 0.556. The lowest BCUT2D eigenvalue weighted by atomic mass is 9.80. The van der Waals surface area contributed by atoms with Gasteiger partial charge >= 0.3 is 0 Å². The molecule has 0 aromatic carbocycles. The largest absolute Gasteiger partial charge is 0.339 e. The van der Waals surface area contributed by atoms with Crippen LogP contribution in [0.1, 0.15) is 41.8 Å². The molecule has 0 spiro atoms. The predicted molar refractivity (Wildman–Crippen MR) is 99.9 cm³/mol. The first-order chi connectivity index (χ1) is 13.7. The number of hydrogen-bond acceptors (Lipinski definition) is 7. The molecule has 156 valence electrons. The maximum Gasteiger partial charge on any atom is 0.256 e. The number of carbonyl (C=O) groups excluding carboxylic acids is 1. The minimum absolute atomic E-state index is 0.00718. The highest BCUT2D eigenvalue weighted by atomic mass is 32.2. The van der Waals surface area contributed by atoms with Crippen LogP contribution in [-0.2, 0) is 15.4 Å². The smallest absolute Gasteiger partial charge is 0.256 e. The van der Waals surface area contributed by atoms with E-state index in [1.54, 1.807) is 18.7 Å². The van der Waals surface area contributed by atoms with Crippen LogP contribution in [0.15, 0.2) is 23.0 Å². The van der Waals surface area contributed by atoms with Crippen LogP contribution in [0.3, 0.4) is 0 Å². The van der Waals surface area contributed by atoms with Gasteiger partial charge in [0.15, 0.2) is 11.6 Å². The number of aromatic nitrogens is 3. The van der Waals surface area contributed by atoms with Crippen molar-refractivity contribution in [3.63, 3.8) is 0 Å². The maximum absolute atomic E-state index is 14.1. The van der Waals surface area contributed by atoms with Crippen molar-refractivity contribution in [3.05, 3.63) is 41.6 Å². The van der Waals surface area contributed by atoms with E-state index in [0.717, 1.165) is 6.20 Å². The minimum atomic E-state index is -3.37. The van der Waals surface area contributed by atoms with Gasteiger partial charge in [-0.1, -0.05) is 5.16 Å². The summed E-state index contributed by atoms with van der Waals surface area (Å²) in [6, 6.07) is 1.07. The zero-order valence-corrected chi connectivity index (χ0v) is 16.9. The molecule has 4 rings (SSSR count). The van der Waals surface area contributed by atoms with Gasteiger partial charge in [0.1, 0.15) is 0 Å².